The first-order chi connectivity index (χ1) is 9.34. The van der Waals surface area contributed by atoms with Crippen LogP contribution in [0.3, 0.4) is 0 Å². The summed E-state index contributed by atoms with van der Waals surface area (Å²) in [5.74, 6) is 0.370. The fourth-order valence-electron chi connectivity index (χ4n) is 1.29. The van der Waals surface area contributed by atoms with Crippen molar-refractivity contribution in [2.24, 2.45) is 5.41 Å². The van der Waals surface area contributed by atoms with Crippen molar-refractivity contribution in [2.45, 2.75) is 20.8 Å². The molecule has 0 spiro atoms. The van der Waals surface area contributed by atoms with E-state index in [4.69, 9.17) is 4.74 Å². The van der Waals surface area contributed by atoms with Crippen LogP contribution in [-0.4, -0.2) is 18.8 Å². The summed E-state index contributed by atoms with van der Waals surface area (Å²) in [6.07, 6.45) is 2.81. The van der Waals surface area contributed by atoms with E-state index in [1.165, 1.54) is 12.3 Å². The van der Waals surface area contributed by atoms with Crippen LogP contribution < -0.4 is 15.6 Å². The largest absolute Gasteiger partial charge is 0.497 e. The number of benzene rings is 1. The summed E-state index contributed by atoms with van der Waals surface area (Å²) >= 11 is 0. The van der Waals surface area contributed by atoms with Gasteiger partial charge in [-0.1, -0.05) is 20.8 Å². The standard InChI is InChI=1S/C15H20N2O3/c1-15(2,3)13(18)9-10-16-17-14(19)11-5-7-12(20-4)8-6-11/h5-10,16H,1-4H3,(H,17,19). The third-order valence-electron chi connectivity index (χ3n) is 2.60. The van der Waals surface area contributed by atoms with Crippen LogP contribution in [0.15, 0.2) is 36.5 Å². The van der Waals surface area contributed by atoms with Crippen LogP contribution >= 0.6 is 0 Å². The van der Waals surface area contributed by atoms with E-state index >= 15 is 0 Å². The Hall–Kier alpha value is -2.30. The number of ether oxygens (including phenoxy) is 1. The SMILES string of the molecule is COc1ccc(C(=O)NNC=CC(=O)C(C)(C)C)cc1. The number of ketones is 1. The van der Waals surface area contributed by atoms with E-state index in [0.29, 0.717) is 11.3 Å². The van der Waals surface area contributed by atoms with Crippen LogP contribution in [0.4, 0.5) is 0 Å². The summed E-state index contributed by atoms with van der Waals surface area (Å²) in [6, 6.07) is 6.71. The van der Waals surface area contributed by atoms with Gasteiger partial charge in [0.1, 0.15) is 5.75 Å². The molecule has 0 aliphatic heterocycles. The Morgan fingerprint density at radius 3 is 2.25 bits per heavy atom. The molecule has 5 heteroatoms. The van der Waals surface area contributed by atoms with Crippen molar-refractivity contribution >= 4 is 11.7 Å². The number of allylic oxidation sites excluding steroid dienone is 1. The Morgan fingerprint density at radius 1 is 1.15 bits per heavy atom. The zero-order valence-corrected chi connectivity index (χ0v) is 12.2. The number of carbonyl (C=O) groups excluding carboxylic acids is 2. The van der Waals surface area contributed by atoms with Gasteiger partial charge in [0, 0.05) is 17.2 Å². The molecular formula is C15H20N2O3. The van der Waals surface area contributed by atoms with Crippen molar-refractivity contribution in [2.75, 3.05) is 7.11 Å². The van der Waals surface area contributed by atoms with Crippen LogP contribution in [0.25, 0.3) is 0 Å². The van der Waals surface area contributed by atoms with Gasteiger partial charge < -0.3 is 10.2 Å². The highest BCUT2D eigenvalue weighted by Crippen LogP contribution is 2.14. The Kier molecular flexibility index (Phi) is 5.32. The van der Waals surface area contributed by atoms with Gasteiger partial charge in [0.15, 0.2) is 5.78 Å². The molecule has 108 valence electrons. The average molecular weight is 276 g/mol. The number of methoxy groups -OCH3 is 1. The van der Waals surface area contributed by atoms with Gasteiger partial charge in [0.25, 0.3) is 5.91 Å². The zero-order valence-electron chi connectivity index (χ0n) is 12.2. The highest BCUT2D eigenvalue weighted by Gasteiger charge is 2.17. The highest BCUT2D eigenvalue weighted by atomic mass is 16.5. The Balaban J connectivity index is 2.47. The first-order valence-corrected chi connectivity index (χ1v) is 6.25. The topological polar surface area (TPSA) is 67.4 Å². The molecular weight excluding hydrogens is 256 g/mol. The predicted octanol–water partition coefficient (Wildman–Crippen LogP) is 2.06. The summed E-state index contributed by atoms with van der Waals surface area (Å²) in [6.45, 7) is 5.49. The second kappa shape index (κ2) is 6.75. The van der Waals surface area contributed by atoms with E-state index in [9.17, 15) is 9.59 Å². The van der Waals surface area contributed by atoms with Gasteiger partial charge in [-0.05, 0) is 30.3 Å². The van der Waals surface area contributed by atoms with Gasteiger partial charge in [-0.25, -0.2) is 0 Å². The van der Waals surface area contributed by atoms with Crippen LogP contribution in [0.2, 0.25) is 0 Å². The molecule has 0 unspecified atom stereocenters. The molecule has 20 heavy (non-hydrogen) atoms. The number of hydrazine groups is 1. The van der Waals surface area contributed by atoms with E-state index in [1.807, 2.05) is 20.8 Å². The molecule has 1 aromatic rings. The minimum absolute atomic E-state index is 0.0244. The Bertz CT molecular complexity index is 499. The maximum Gasteiger partial charge on any atom is 0.269 e. The van der Waals surface area contributed by atoms with Gasteiger partial charge in [0.2, 0.25) is 0 Å². The molecule has 0 fully saturated rings. The summed E-state index contributed by atoms with van der Waals surface area (Å²) in [5, 5.41) is 0. The third kappa shape index (κ3) is 4.76. The number of carbonyl (C=O) groups is 2. The molecule has 5 nitrogen and oxygen atoms in total. The molecule has 0 saturated heterocycles. The number of amides is 1. The quantitative estimate of drug-likeness (QED) is 0.638. The van der Waals surface area contributed by atoms with Crippen molar-refractivity contribution in [1.29, 1.82) is 0 Å². The van der Waals surface area contributed by atoms with Crippen molar-refractivity contribution in [1.82, 2.24) is 10.9 Å². The molecule has 1 rings (SSSR count). The third-order valence-corrected chi connectivity index (χ3v) is 2.60. The summed E-state index contributed by atoms with van der Waals surface area (Å²) in [4.78, 5) is 23.3. The minimum atomic E-state index is -0.432. The molecule has 0 atom stereocenters. The average Bonchev–Trinajstić information content (AvgIpc) is 2.42. The van der Waals surface area contributed by atoms with Crippen molar-refractivity contribution in [3.05, 3.63) is 42.1 Å². The normalized spacial score (nSPS) is 11.2. The fraction of sp³-hybridized carbons (Fsp3) is 0.333. The summed E-state index contributed by atoms with van der Waals surface area (Å²) < 4.78 is 5.01. The van der Waals surface area contributed by atoms with Gasteiger partial charge >= 0.3 is 0 Å². The van der Waals surface area contributed by atoms with Gasteiger partial charge in [0.05, 0.1) is 7.11 Å². The molecule has 0 aromatic heterocycles. The first kappa shape index (κ1) is 15.8. The van der Waals surface area contributed by atoms with Crippen molar-refractivity contribution < 1.29 is 14.3 Å². The number of rotatable bonds is 5. The highest BCUT2D eigenvalue weighted by molar-refractivity contribution is 5.95. The Labute approximate surface area is 119 Å². The van der Waals surface area contributed by atoms with E-state index in [-0.39, 0.29) is 11.7 Å². The van der Waals surface area contributed by atoms with E-state index < -0.39 is 5.41 Å². The molecule has 0 aliphatic carbocycles. The lowest BCUT2D eigenvalue weighted by molar-refractivity contribution is -0.121. The molecule has 0 bridgehead atoms. The molecule has 0 aliphatic rings. The van der Waals surface area contributed by atoms with E-state index in [1.54, 1.807) is 31.4 Å². The second-order valence-corrected chi connectivity index (χ2v) is 5.27. The zero-order chi connectivity index (χ0) is 15.2. The second-order valence-electron chi connectivity index (χ2n) is 5.27. The van der Waals surface area contributed by atoms with Gasteiger partial charge in [-0.2, -0.15) is 0 Å². The van der Waals surface area contributed by atoms with Gasteiger partial charge in [-0.3, -0.25) is 15.0 Å². The van der Waals surface area contributed by atoms with E-state index in [0.717, 1.165) is 0 Å². The summed E-state index contributed by atoms with van der Waals surface area (Å²) in [7, 11) is 1.56. The maximum atomic E-state index is 11.8. The van der Waals surface area contributed by atoms with Crippen LogP contribution in [0.1, 0.15) is 31.1 Å². The molecule has 2 N–H and O–H groups in total. The lowest BCUT2D eigenvalue weighted by Gasteiger charge is -2.13. The van der Waals surface area contributed by atoms with Gasteiger partial charge in [-0.15, -0.1) is 0 Å². The maximum absolute atomic E-state index is 11.8. The molecule has 1 amide bonds. The lowest BCUT2D eigenvalue weighted by Crippen LogP contribution is -2.33. The van der Waals surface area contributed by atoms with Crippen LogP contribution in [0.5, 0.6) is 5.75 Å². The number of hydrogen-bond acceptors (Lipinski definition) is 4. The van der Waals surface area contributed by atoms with Crippen molar-refractivity contribution in [3.8, 4) is 5.75 Å². The first-order valence-electron chi connectivity index (χ1n) is 6.25. The van der Waals surface area contributed by atoms with Crippen LogP contribution in [-0.2, 0) is 4.79 Å². The monoisotopic (exact) mass is 276 g/mol. The smallest absolute Gasteiger partial charge is 0.269 e. The number of hydrogen-bond donors (Lipinski definition) is 2. The molecule has 0 saturated carbocycles. The molecule has 1 aromatic carbocycles. The van der Waals surface area contributed by atoms with E-state index in [2.05, 4.69) is 10.9 Å². The predicted molar refractivity (Wildman–Crippen MR) is 77.2 cm³/mol. The Morgan fingerprint density at radius 2 is 1.75 bits per heavy atom. The number of nitrogens with one attached hydrogen (secondary N) is 2. The lowest BCUT2D eigenvalue weighted by atomic mass is 9.91. The molecule has 0 radical (unpaired) electrons. The minimum Gasteiger partial charge on any atom is -0.497 e. The van der Waals surface area contributed by atoms with Crippen LogP contribution in [0, 0.1) is 5.41 Å². The fourth-order valence-corrected chi connectivity index (χ4v) is 1.29. The van der Waals surface area contributed by atoms with Crippen molar-refractivity contribution in [3.63, 3.8) is 0 Å². The summed E-state index contributed by atoms with van der Waals surface area (Å²) in [5.41, 5.74) is 5.12. The molecule has 0 heterocycles.